The lowest BCUT2D eigenvalue weighted by Gasteiger charge is -2.27. The summed E-state index contributed by atoms with van der Waals surface area (Å²) in [6, 6.07) is 5.39. The highest BCUT2D eigenvalue weighted by molar-refractivity contribution is 6.30. The van der Waals surface area contributed by atoms with Gasteiger partial charge in [0.2, 0.25) is 0 Å². The molecule has 1 unspecified atom stereocenters. The highest BCUT2D eigenvalue weighted by Gasteiger charge is 2.19. The molecule has 112 valence electrons. The molecular formula is C17H25ClFN. The first-order valence-corrected chi connectivity index (χ1v) is 8.24. The Kier molecular flexibility index (Phi) is 6.31. The van der Waals surface area contributed by atoms with E-state index in [2.05, 4.69) is 12.2 Å². The Morgan fingerprint density at radius 1 is 1.30 bits per heavy atom. The van der Waals surface area contributed by atoms with Gasteiger partial charge in [-0.25, -0.2) is 4.39 Å². The van der Waals surface area contributed by atoms with Crippen molar-refractivity contribution in [2.45, 2.75) is 57.9 Å². The molecule has 0 radical (unpaired) electrons. The second-order valence-electron chi connectivity index (χ2n) is 5.93. The SMILES string of the molecule is CCNC(Cc1ccc(Cl)cc1F)CC1CCCCC1. The van der Waals surface area contributed by atoms with Crippen LogP contribution < -0.4 is 5.32 Å². The molecule has 0 heterocycles. The Morgan fingerprint density at radius 3 is 2.70 bits per heavy atom. The van der Waals surface area contributed by atoms with Crippen molar-refractivity contribution in [1.82, 2.24) is 5.32 Å². The standard InChI is InChI=1S/C17H25ClFN/c1-2-20-16(10-13-6-4-3-5-7-13)11-14-8-9-15(18)12-17(14)19/h8-9,12-13,16,20H,2-7,10-11H2,1H3. The normalized spacial score (nSPS) is 18.1. The van der Waals surface area contributed by atoms with Gasteiger partial charge in [-0.1, -0.05) is 56.7 Å². The first kappa shape index (κ1) is 15.8. The molecule has 1 aromatic rings. The van der Waals surface area contributed by atoms with Gasteiger partial charge in [-0.2, -0.15) is 0 Å². The van der Waals surface area contributed by atoms with Crippen LogP contribution in [0.5, 0.6) is 0 Å². The van der Waals surface area contributed by atoms with E-state index in [1.165, 1.54) is 38.2 Å². The van der Waals surface area contributed by atoms with E-state index in [0.717, 1.165) is 30.9 Å². The largest absolute Gasteiger partial charge is 0.314 e. The number of halogens is 2. The summed E-state index contributed by atoms with van der Waals surface area (Å²) in [5.74, 6) is 0.632. The van der Waals surface area contributed by atoms with Crippen LogP contribution in [0, 0.1) is 11.7 Å². The molecule has 0 aliphatic heterocycles. The fourth-order valence-electron chi connectivity index (χ4n) is 3.31. The molecule has 1 aliphatic carbocycles. The van der Waals surface area contributed by atoms with Crippen LogP contribution in [0.4, 0.5) is 4.39 Å². The first-order valence-electron chi connectivity index (χ1n) is 7.86. The van der Waals surface area contributed by atoms with Crippen LogP contribution in [0.25, 0.3) is 0 Å². The maximum atomic E-state index is 13.9. The monoisotopic (exact) mass is 297 g/mol. The molecule has 1 aliphatic rings. The van der Waals surface area contributed by atoms with Gasteiger partial charge in [0.15, 0.2) is 0 Å². The Bertz CT molecular complexity index is 415. The van der Waals surface area contributed by atoms with Gasteiger partial charge in [0.25, 0.3) is 0 Å². The molecule has 1 N–H and O–H groups in total. The molecule has 0 saturated heterocycles. The number of hydrogen-bond acceptors (Lipinski definition) is 1. The summed E-state index contributed by atoms with van der Waals surface area (Å²) >= 11 is 5.81. The molecular weight excluding hydrogens is 273 g/mol. The van der Waals surface area contributed by atoms with Crippen LogP contribution in [0.1, 0.15) is 51.0 Å². The van der Waals surface area contributed by atoms with Gasteiger partial charge in [-0.3, -0.25) is 0 Å². The van der Waals surface area contributed by atoms with E-state index >= 15 is 0 Å². The number of hydrogen-bond donors (Lipinski definition) is 1. The van der Waals surface area contributed by atoms with Crippen molar-refractivity contribution >= 4 is 11.6 Å². The summed E-state index contributed by atoms with van der Waals surface area (Å²) in [5.41, 5.74) is 0.774. The predicted molar refractivity (Wildman–Crippen MR) is 83.8 cm³/mol. The summed E-state index contributed by atoms with van der Waals surface area (Å²) < 4.78 is 13.9. The minimum absolute atomic E-state index is 0.177. The van der Waals surface area contributed by atoms with Gasteiger partial charge in [0, 0.05) is 11.1 Å². The Hall–Kier alpha value is -0.600. The van der Waals surface area contributed by atoms with E-state index in [0.29, 0.717) is 11.1 Å². The lowest BCUT2D eigenvalue weighted by molar-refractivity contribution is 0.297. The van der Waals surface area contributed by atoms with Gasteiger partial charge in [-0.15, -0.1) is 0 Å². The van der Waals surface area contributed by atoms with Crippen molar-refractivity contribution in [3.8, 4) is 0 Å². The molecule has 20 heavy (non-hydrogen) atoms. The minimum atomic E-state index is -0.177. The molecule has 1 atom stereocenters. The zero-order valence-electron chi connectivity index (χ0n) is 12.3. The van der Waals surface area contributed by atoms with Crippen LogP contribution >= 0.6 is 11.6 Å². The van der Waals surface area contributed by atoms with Crippen molar-refractivity contribution in [2.24, 2.45) is 5.92 Å². The lowest BCUT2D eigenvalue weighted by atomic mass is 9.83. The molecule has 3 heteroatoms. The summed E-state index contributed by atoms with van der Waals surface area (Å²) in [6.07, 6.45) is 8.70. The smallest absolute Gasteiger partial charge is 0.127 e. The molecule has 1 saturated carbocycles. The molecule has 0 aromatic heterocycles. The lowest BCUT2D eigenvalue weighted by Crippen LogP contribution is -2.33. The van der Waals surface area contributed by atoms with E-state index in [9.17, 15) is 4.39 Å². The van der Waals surface area contributed by atoms with Gasteiger partial charge in [0.1, 0.15) is 5.82 Å². The van der Waals surface area contributed by atoms with E-state index in [1.54, 1.807) is 6.07 Å². The van der Waals surface area contributed by atoms with E-state index in [-0.39, 0.29) is 5.82 Å². The molecule has 0 spiro atoms. The van der Waals surface area contributed by atoms with Crippen LogP contribution in [0.15, 0.2) is 18.2 Å². The summed E-state index contributed by atoms with van der Waals surface area (Å²) in [5, 5.41) is 3.99. The van der Waals surface area contributed by atoms with Gasteiger partial charge in [-0.05, 0) is 43.0 Å². The van der Waals surface area contributed by atoms with Crippen molar-refractivity contribution in [3.63, 3.8) is 0 Å². The van der Waals surface area contributed by atoms with Crippen molar-refractivity contribution in [3.05, 3.63) is 34.6 Å². The van der Waals surface area contributed by atoms with E-state index in [4.69, 9.17) is 11.6 Å². The summed E-state index contributed by atoms with van der Waals surface area (Å²) in [6.45, 7) is 3.05. The van der Waals surface area contributed by atoms with Crippen molar-refractivity contribution in [2.75, 3.05) is 6.54 Å². The fourth-order valence-corrected chi connectivity index (χ4v) is 3.46. The third-order valence-electron chi connectivity index (χ3n) is 4.32. The second-order valence-corrected chi connectivity index (χ2v) is 6.37. The Labute approximate surface area is 126 Å². The third kappa shape index (κ3) is 4.75. The zero-order chi connectivity index (χ0) is 14.4. The van der Waals surface area contributed by atoms with Gasteiger partial charge < -0.3 is 5.32 Å². The van der Waals surface area contributed by atoms with E-state index in [1.807, 2.05) is 6.07 Å². The van der Waals surface area contributed by atoms with Crippen molar-refractivity contribution < 1.29 is 4.39 Å². The predicted octanol–water partition coefficient (Wildman–Crippen LogP) is 4.97. The number of likely N-dealkylation sites (N-methyl/N-ethyl adjacent to an activating group) is 1. The van der Waals surface area contributed by atoms with Gasteiger partial charge >= 0.3 is 0 Å². The molecule has 2 rings (SSSR count). The fraction of sp³-hybridized carbons (Fsp3) is 0.647. The van der Waals surface area contributed by atoms with Gasteiger partial charge in [0.05, 0.1) is 0 Å². The average Bonchev–Trinajstić information content (AvgIpc) is 2.43. The van der Waals surface area contributed by atoms with Crippen LogP contribution in [0.2, 0.25) is 5.02 Å². The van der Waals surface area contributed by atoms with Crippen LogP contribution in [-0.4, -0.2) is 12.6 Å². The quantitative estimate of drug-likeness (QED) is 0.781. The minimum Gasteiger partial charge on any atom is -0.314 e. The topological polar surface area (TPSA) is 12.0 Å². The highest BCUT2D eigenvalue weighted by atomic mass is 35.5. The third-order valence-corrected chi connectivity index (χ3v) is 4.55. The second kappa shape index (κ2) is 7.99. The molecule has 0 amide bonds. The highest BCUT2D eigenvalue weighted by Crippen LogP contribution is 2.28. The first-order chi connectivity index (χ1) is 9.69. The Morgan fingerprint density at radius 2 is 2.05 bits per heavy atom. The molecule has 1 nitrogen and oxygen atoms in total. The zero-order valence-corrected chi connectivity index (χ0v) is 13.1. The van der Waals surface area contributed by atoms with E-state index < -0.39 is 0 Å². The maximum Gasteiger partial charge on any atom is 0.127 e. The number of rotatable bonds is 6. The summed E-state index contributed by atoms with van der Waals surface area (Å²) in [4.78, 5) is 0. The molecule has 0 bridgehead atoms. The van der Waals surface area contributed by atoms with Crippen LogP contribution in [0.3, 0.4) is 0 Å². The maximum absolute atomic E-state index is 13.9. The molecule has 1 aromatic carbocycles. The molecule has 1 fully saturated rings. The Balaban J connectivity index is 1.96. The van der Waals surface area contributed by atoms with Crippen LogP contribution in [-0.2, 0) is 6.42 Å². The summed E-state index contributed by atoms with van der Waals surface area (Å²) in [7, 11) is 0. The number of benzene rings is 1. The van der Waals surface area contributed by atoms with Crippen molar-refractivity contribution in [1.29, 1.82) is 0 Å². The number of nitrogens with one attached hydrogen (secondary N) is 1. The average molecular weight is 298 g/mol.